The fourth-order valence-electron chi connectivity index (χ4n) is 2.59. The summed E-state index contributed by atoms with van der Waals surface area (Å²) >= 11 is 0. The highest BCUT2D eigenvalue weighted by molar-refractivity contribution is 7.89. The SMILES string of the molecule is Cc1cc(CO)cc(S(=O)(=O)N2CC(C)OCC2C)c1C. The van der Waals surface area contributed by atoms with Crippen LogP contribution in [0.25, 0.3) is 0 Å². The van der Waals surface area contributed by atoms with Gasteiger partial charge in [-0.15, -0.1) is 0 Å². The van der Waals surface area contributed by atoms with Crippen molar-refractivity contribution in [3.63, 3.8) is 0 Å². The van der Waals surface area contributed by atoms with E-state index in [1.54, 1.807) is 13.0 Å². The maximum Gasteiger partial charge on any atom is 0.243 e. The number of hydrogen-bond acceptors (Lipinski definition) is 4. The van der Waals surface area contributed by atoms with Crippen LogP contribution in [-0.4, -0.2) is 43.1 Å². The molecule has 2 atom stereocenters. The van der Waals surface area contributed by atoms with Gasteiger partial charge in [-0.3, -0.25) is 0 Å². The maximum atomic E-state index is 13.0. The molecule has 5 nitrogen and oxygen atoms in total. The second kappa shape index (κ2) is 6.04. The first kappa shape index (κ1) is 16.4. The monoisotopic (exact) mass is 313 g/mol. The van der Waals surface area contributed by atoms with Crippen LogP contribution in [0, 0.1) is 13.8 Å². The minimum Gasteiger partial charge on any atom is -0.392 e. The van der Waals surface area contributed by atoms with Crippen molar-refractivity contribution < 1.29 is 18.3 Å². The Bertz CT molecular complexity index is 627. The summed E-state index contributed by atoms with van der Waals surface area (Å²) < 4.78 is 33.0. The largest absolute Gasteiger partial charge is 0.392 e. The first-order chi connectivity index (χ1) is 9.77. The van der Waals surface area contributed by atoms with Gasteiger partial charge in [-0.05, 0) is 50.5 Å². The van der Waals surface area contributed by atoms with Gasteiger partial charge < -0.3 is 9.84 Å². The van der Waals surface area contributed by atoms with Gasteiger partial charge in [0.1, 0.15) is 0 Å². The van der Waals surface area contributed by atoms with Crippen LogP contribution in [0.3, 0.4) is 0 Å². The number of sulfonamides is 1. The number of nitrogens with zero attached hydrogens (tertiary/aromatic N) is 1. The number of rotatable bonds is 3. The molecule has 118 valence electrons. The normalized spacial score (nSPS) is 24.2. The predicted molar refractivity (Wildman–Crippen MR) is 80.6 cm³/mol. The van der Waals surface area contributed by atoms with Crippen LogP contribution < -0.4 is 0 Å². The highest BCUT2D eigenvalue weighted by Crippen LogP contribution is 2.27. The van der Waals surface area contributed by atoms with E-state index in [1.807, 2.05) is 26.8 Å². The first-order valence-electron chi connectivity index (χ1n) is 7.11. The lowest BCUT2D eigenvalue weighted by Gasteiger charge is -2.36. The van der Waals surface area contributed by atoms with Crippen molar-refractivity contribution in [3.8, 4) is 0 Å². The Hall–Kier alpha value is -0.950. The van der Waals surface area contributed by atoms with Gasteiger partial charge in [-0.2, -0.15) is 4.31 Å². The van der Waals surface area contributed by atoms with E-state index in [2.05, 4.69) is 0 Å². The van der Waals surface area contributed by atoms with E-state index in [0.29, 0.717) is 18.7 Å². The molecule has 0 aliphatic carbocycles. The van der Waals surface area contributed by atoms with E-state index in [-0.39, 0.29) is 23.6 Å². The first-order valence-corrected chi connectivity index (χ1v) is 8.55. The highest BCUT2D eigenvalue weighted by Gasteiger charge is 2.35. The Morgan fingerprint density at radius 2 is 2.00 bits per heavy atom. The third-order valence-corrected chi connectivity index (χ3v) is 6.11. The van der Waals surface area contributed by atoms with Crippen molar-refractivity contribution in [2.45, 2.75) is 51.3 Å². The van der Waals surface area contributed by atoms with Crippen LogP contribution in [0.15, 0.2) is 17.0 Å². The summed E-state index contributed by atoms with van der Waals surface area (Å²) in [6, 6.07) is 3.20. The molecule has 1 aromatic rings. The third-order valence-electron chi connectivity index (χ3n) is 4.00. The summed E-state index contributed by atoms with van der Waals surface area (Å²) in [4.78, 5) is 0.285. The lowest BCUT2D eigenvalue weighted by molar-refractivity contribution is -0.0170. The van der Waals surface area contributed by atoms with E-state index in [0.717, 1.165) is 11.1 Å². The quantitative estimate of drug-likeness (QED) is 0.920. The average Bonchev–Trinajstić information content (AvgIpc) is 2.43. The predicted octanol–water partition coefficient (Wildman–Crippen LogP) is 1.59. The standard InChI is InChI=1S/C15H23NO4S/c1-10-5-14(8-17)6-15(13(10)4)21(18,19)16-7-12(3)20-9-11(16)2/h5-6,11-12,17H,7-9H2,1-4H3. The molecule has 0 aromatic heterocycles. The summed E-state index contributed by atoms with van der Waals surface area (Å²) in [6.45, 7) is 7.97. The van der Waals surface area contributed by atoms with Crippen molar-refractivity contribution in [1.82, 2.24) is 4.31 Å². The van der Waals surface area contributed by atoms with Crippen molar-refractivity contribution in [3.05, 3.63) is 28.8 Å². The second-order valence-corrected chi connectivity index (χ2v) is 7.62. The molecule has 1 heterocycles. The molecule has 1 N–H and O–H groups in total. The van der Waals surface area contributed by atoms with E-state index >= 15 is 0 Å². The molecule has 0 spiro atoms. The lowest BCUT2D eigenvalue weighted by atomic mass is 10.1. The molecule has 0 saturated carbocycles. The topological polar surface area (TPSA) is 66.8 Å². The van der Waals surface area contributed by atoms with Gasteiger partial charge in [0.05, 0.1) is 24.2 Å². The van der Waals surface area contributed by atoms with E-state index < -0.39 is 10.0 Å². The second-order valence-electron chi connectivity index (χ2n) is 5.76. The lowest BCUT2D eigenvalue weighted by Crippen LogP contribution is -2.50. The molecule has 1 aromatic carbocycles. The fourth-order valence-corrected chi connectivity index (χ4v) is 4.63. The number of ether oxygens (including phenoxy) is 1. The van der Waals surface area contributed by atoms with Crippen LogP contribution in [0.5, 0.6) is 0 Å². The van der Waals surface area contributed by atoms with Crippen LogP contribution in [0.4, 0.5) is 0 Å². The summed E-state index contributed by atoms with van der Waals surface area (Å²) in [5.41, 5.74) is 2.22. The molecular formula is C15H23NO4S. The van der Waals surface area contributed by atoms with Crippen molar-refractivity contribution in [1.29, 1.82) is 0 Å². The Kier molecular flexibility index (Phi) is 4.72. The molecule has 1 saturated heterocycles. The van der Waals surface area contributed by atoms with Crippen LogP contribution in [0.2, 0.25) is 0 Å². The van der Waals surface area contributed by atoms with Crippen LogP contribution in [-0.2, 0) is 21.4 Å². The number of aliphatic hydroxyl groups is 1. The van der Waals surface area contributed by atoms with Gasteiger partial charge in [0.15, 0.2) is 0 Å². The van der Waals surface area contributed by atoms with Gasteiger partial charge >= 0.3 is 0 Å². The van der Waals surface area contributed by atoms with Gasteiger partial charge in [0.25, 0.3) is 0 Å². The smallest absolute Gasteiger partial charge is 0.243 e. The molecule has 0 bridgehead atoms. The zero-order chi connectivity index (χ0) is 15.8. The van der Waals surface area contributed by atoms with Crippen molar-refractivity contribution >= 4 is 10.0 Å². The Balaban J connectivity index is 2.51. The Morgan fingerprint density at radius 1 is 1.33 bits per heavy atom. The summed E-state index contributed by atoms with van der Waals surface area (Å²) in [7, 11) is -3.59. The molecule has 21 heavy (non-hydrogen) atoms. The highest BCUT2D eigenvalue weighted by atomic mass is 32.2. The summed E-state index contributed by atoms with van der Waals surface area (Å²) in [5.74, 6) is 0. The molecule has 2 rings (SSSR count). The molecule has 1 fully saturated rings. The Labute approximate surface area is 126 Å². The molecule has 1 aliphatic rings. The Morgan fingerprint density at radius 3 is 2.62 bits per heavy atom. The number of aliphatic hydroxyl groups excluding tert-OH is 1. The number of benzene rings is 1. The van der Waals surface area contributed by atoms with Gasteiger partial charge in [-0.1, -0.05) is 6.07 Å². The summed E-state index contributed by atoms with van der Waals surface area (Å²) in [5, 5.41) is 9.32. The minimum absolute atomic E-state index is 0.113. The summed E-state index contributed by atoms with van der Waals surface area (Å²) in [6.07, 6.45) is -0.113. The molecule has 0 radical (unpaired) electrons. The minimum atomic E-state index is -3.59. The molecule has 0 amide bonds. The molecule has 6 heteroatoms. The zero-order valence-corrected chi connectivity index (χ0v) is 13.8. The molecule has 2 unspecified atom stereocenters. The fraction of sp³-hybridized carbons (Fsp3) is 0.600. The third kappa shape index (κ3) is 3.13. The molecule has 1 aliphatic heterocycles. The average molecular weight is 313 g/mol. The van der Waals surface area contributed by atoms with E-state index in [4.69, 9.17) is 4.74 Å². The molecular weight excluding hydrogens is 290 g/mol. The van der Waals surface area contributed by atoms with Gasteiger partial charge in [-0.25, -0.2) is 8.42 Å². The van der Waals surface area contributed by atoms with E-state index in [9.17, 15) is 13.5 Å². The van der Waals surface area contributed by atoms with Crippen LogP contribution >= 0.6 is 0 Å². The zero-order valence-electron chi connectivity index (χ0n) is 13.0. The van der Waals surface area contributed by atoms with Crippen molar-refractivity contribution in [2.24, 2.45) is 0 Å². The number of morpholine rings is 1. The van der Waals surface area contributed by atoms with Gasteiger partial charge in [0.2, 0.25) is 10.0 Å². The maximum absolute atomic E-state index is 13.0. The van der Waals surface area contributed by atoms with Crippen molar-refractivity contribution in [2.75, 3.05) is 13.2 Å². The van der Waals surface area contributed by atoms with Gasteiger partial charge in [0, 0.05) is 12.6 Å². The number of hydrogen-bond donors (Lipinski definition) is 1. The van der Waals surface area contributed by atoms with E-state index in [1.165, 1.54) is 4.31 Å². The van der Waals surface area contributed by atoms with Crippen LogP contribution in [0.1, 0.15) is 30.5 Å². The number of aryl methyl sites for hydroxylation is 1.